The maximum atomic E-state index is 6.28. The molecule has 0 radical (unpaired) electrons. The molecular weight excluding hydrogens is 426 g/mol. The number of pyridine rings is 2. The van der Waals surface area contributed by atoms with Crippen LogP contribution in [0.4, 0.5) is 0 Å². The number of nitrogens with one attached hydrogen (secondary N) is 1. The molecule has 0 spiro atoms. The minimum absolute atomic E-state index is 0.0513. The monoisotopic (exact) mass is 445 g/mol. The highest BCUT2D eigenvalue weighted by molar-refractivity contribution is 7.80. The highest BCUT2D eigenvalue weighted by Gasteiger charge is 2.41. The topological polar surface area (TPSA) is 46.0 Å². The van der Waals surface area contributed by atoms with E-state index in [1.807, 2.05) is 67.1 Å². The Bertz CT molecular complexity index is 1190. The van der Waals surface area contributed by atoms with Gasteiger partial charge in [-0.2, -0.15) is 0 Å². The predicted octanol–water partition coefficient (Wildman–Crippen LogP) is 5.09. The molecule has 0 saturated carbocycles. The first-order chi connectivity index (χ1) is 15.2. The van der Waals surface area contributed by atoms with Gasteiger partial charge in [-0.15, -0.1) is 0 Å². The smallest absolute Gasteiger partial charge is 0.170 e. The van der Waals surface area contributed by atoms with Crippen LogP contribution in [0.3, 0.4) is 0 Å². The Labute approximate surface area is 191 Å². The van der Waals surface area contributed by atoms with Crippen molar-refractivity contribution in [1.82, 2.24) is 24.8 Å². The summed E-state index contributed by atoms with van der Waals surface area (Å²) in [7, 11) is 0. The van der Waals surface area contributed by atoms with Crippen LogP contribution < -0.4 is 5.32 Å². The summed E-state index contributed by atoms with van der Waals surface area (Å²) >= 11 is 12.1. The molecule has 154 valence electrons. The van der Waals surface area contributed by atoms with E-state index in [4.69, 9.17) is 23.8 Å². The van der Waals surface area contributed by atoms with E-state index < -0.39 is 0 Å². The number of hydrogen-bond acceptors (Lipinski definition) is 3. The Morgan fingerprint density at radius 1 is 0.968 bits per heavy atom. The lowest BCUT2D eigenvalue weighted by Crippen LogP contribution is -2.30. The normalized spacial score (nSPS) is 18.2. The molecule has 0 unspecified atom stereocenters. The molecule has 1 aliphatic rings. The maximum Gasteiger partial charge on any atom is 0.170 e. The van der Waals surface area contributed by atoms with Gasteiger partial charge in [-0.05, 0) is 72.4 Å². The van der Waals surface area contributed by atoms with Crippen molar-refractivity contribution in [1.29, 1.82) is 0 Å². The van der Waals surface area contributed by atoms with Crippen molar-refractivity contribution >= 4 is 28.9 Å². The van der Waals surface area contributed by atoms with E-state index in [2.05, 4.69) is 49.1 Å². The van der Waals surface area contributed by atoms with Crippen LogP contribution in [0, 0.1) is 0 Å². The predicted molar refractivity (Wildman–Crippen MR) is 126 cm³/mol. The summed E-state index contributed by atoms with van der Waals surface area (Å²) in [6.45, 7) is 0.670. The van der Waals surface area contributed by atoms with E-state index in [-0.39, 0.29) is 12.1 Å². The molecule has 1 aliphatic heterocycles. The van der Waals surface area contributed by atoms with Crippen LogP contribution in [0.5, 0.6) is 0 Å². The summed E-state index contributed by atoms with van der Waals surface area (Å²) in [6, 6.07) is 21.9. The van der Waals surface area contributed by atoms with Crippen molar-refractivity contribution in [2.24, 2.45) is 0 Å². The van der Waals surface area contributed by atoms with Gasteiger partial charge in [-0.25, -0.2) is 0 Å². The number of hydrogen-bond donors (Lipinski definition) is 1. The maximum absolute atomic E-state index is 6.28. The number of nitrogens with zero attached hydrogens (tertiary/aromatic N) is 4. The van der Waals surface area contributed by atoms with Crippen molar-refractivity contribution in [2.75, 3.05) is 0 Å². The molecule has 1 N–H and O–H groups in total. The molecule has 1 fully saturated rings. The Kier molecular flexibility index (Phi) is 5.40. The second-order valence-electron chi connectivity index (χ2n) is 7.39. The minimum Gasteiger partial charge on any atom is -0.352 e. The average Bonchev–Trinajstić information content (AvgIpc) is 3.40. The molecular formula is C24H20ClN5S. The lowest BCUT2D eigenvalue weighted by molar-refractivity contribution is 0.302. The Balaban J connectivity index is 1.61. The average molecular weight is 446 g/mol. The summed E-state index contributed by atoms with van der Waals surface area (Å²) in [5, 5.41) is 4.91. The summed E-state index contributed by atoms with van der Waals surface area (Å²) in [5.41, 5.74) is 4.21. The van der Waals surface area contributed by atoms with Crippen LogP contribution in [-0.4, -0.2) is 24.5 Å². The quantitative estimate of drug-likeness (QED) is 0.433. The fourth-order valence-corrected chi connectivity index (χ4v) is 4.57. The summed E-state index contributed by atoms with van der Waals surface area (Å²) in [5.74, 6) is 0. The van der Waals surface area contributed by atoms with Crippen molar-refractivity contribution in [2.45, 2.75) is 18.6 Å². The van der Waals surface area contributed by atoms with Gasteiger partial charge in [0.15, 0.2) is 5.11 Å². The van der Waals surface area contributed by atoms with Gasteiger partial charge in [0.2, 0.25) is 0 Å². The Hall–Kier alpha value is -3.22. The van der Waals surface area contributed by atoms with Crippen molar-refractivity contribution in [3.8, 4) is 5.69 Å². The lowest BCUT2D eigenvalue weighted by Gasteiger charge is -2.29. The molecule has 5 nitrogen and oxygen atoms in total. The number of halogens is 1. The van der Waals surface area contributed by atoms with Crippen LogP contribution in [0.1, 0.15) is 29.0 Å². The van der Waals surface area contributed by atoms with Crippen LogP contribution in [-0.2, 0) is 6.54 Å². The minimum atomic E-state index is -0.0802. The molecule has 4 aromatic rings. The summed E-state index contributed by atoms with van der Waals surface area (Å²) in [4.78, 5) is 11.0. The third-order valence-corrected chi connectivity index (χ3v) is 6.06. The zero-order chi connectivity index (χ0) is 21.2. The fraction of sp³-hybridized carbons (Fsp3) is 0.125. The SMILES string of the molecule is S=C1N[C@H](c2ccccn2)[C@H](c2cccn2-c2cccc(Cl)c2)N1Cc1ccncc1. The van der Waals surface area contributed by atoms with Crippen molar-refractivity contribution in [3.63, 3.8) is 0 Å². The Morgan fingerprint density at radius 2 is 1.84 bits per heavy atom. The van der Waals surface area contributed by atoms with Crippen molar-refractivity contribution < 1.29 is 0 Å². The molecule has 1 saturated heterocycles. The molecule has 0 bridgehead atoms. The van der Waals surface area contributed by atoms with Gasteiger partial charge >= 0.3 is 0 Å². The molecule has 31 heavy (non-hydrogen) atoms. The van der Waals surface area contributed by atoms with Gasteiger partial charge < -0.3 is 14.8 Å². The number of rotatable bonds is 5. The van der Waals surface area contributed by atoms with Gasteiger partial charge in [0.1, 0.15) is 0 Å². The molecule has 2 atom stereocenters. The van der Waals surface area contributed by atoms with Gasteiger partial charge in [-0.3, -0.25) is 9.97 Å². The number of benzene rings is 1. The lowest BCUT2D eigenvalue weighted by atomic mass is 10.0. The zero-order valence-corrected chi connectivity index (χ0v) is 18.2. The van der Waals surface area contributed by atoms with Gasteiger partial charge in [0, 0.05) is 47.7 Å². The molecule has 5 rings (SSSR count). The number of aromatic nitrogens is 3. The molecule has 0 amide bonds. The molecule has 7 heteroatoms. The standard InChI is InChI=1S/C24H20ClN5S/c25-18-5-3-6-19(15-18)29-14-4-8-21(29)23-22(20-7-1-2-11-27-20)28-24(31)30(23)16-17-9-12-26-13-10-17/h1-15,22-23H,16H2,(H,28,31)/t22-,23+/m1/s1. The van der Waals surface area contributed by atoms with E-state index in [1.165, 1.54) is 0 Å². The zero-order valence-electron chi connectivity index (χ0n) is 16.6. The van der Waals surface area contributed by atoms with E-state index in [0.717, 1.165) is 22.6 Å². The largest absolute Gasteiger partial charge is 0.352 e. The van der Waals surface area contributed by atoms with Gasteiger partial charge in [0.25, 0.3) is 0 Å². The third kappa shape index (κ3) is 3.92. The van der Waals surface area contributed by atoms with Crippen LogP contribution in [0.15, 0.2) is 91.5 Å². The molecule has 0 aliphatic carbocycles. The highest BCUT2D eigenvalue weighted by Crippen LogP contribution is 2.40. The molecule has 1 aromatic carbocycles. The van der Waals surface area contributed by atoms with Crippen LogP contribution >= 0.6 is 23.8 Å². The second-order valence-corrected chi connectivity index (χ2v) is 8.22. The van der Waals surface area contributed by atoms with Crippen LogP contribution in [0.2, 0.25) is 5.02 Å². The van der Waals surface area contributed by atoms with Gasteiger partial charge in [0.05, 0.1) is 17.8 Å². The Morgan fingerprint density at radius 3 is 2.61 bits per heavy atom. The first-order valence-corrected chi connectivity index (χ1v) is 10.8. The summed E-state index contributed by atoms with van der Waals surface area (Å²) in [6.07, 6.45) is 7.49. The molecule has 3 aromatic heterocycles. The third-order valence-electron chi connectivity index (χ3n) is 5.47. The van der Waals surface area contributed by atoms with E-state index in [0.29, 0.717) is 16.7 Å². The van der Waals surface area contributed by atoms with Crippen LogP contribution in [0.25, 0.3) is 5.69 Å². The van der Waals surface area contributed by atoms with Crippen molar-refractivity contribution in [3.05, 3.63) is 113 Å². The van der Waals surface area contributed by atoms with E-state index in [1.54, 1.807) is 0 Å². The first-order valence-electron chi connectivity index (χ1n) is 10.0. The number of thiocarbonyl (C=S) groups is 1. The van der Waals surface area contributed by atoms with Gasteiger partial charge in [-0.1, -0.05) is 23.7 Å². The van der Waals surface area contributed by atoms with E-state index >= 15 is 0 Å². The second kappa shape index (κ2) is 8.49. The summed E-state index contributed by atoms with van der Waals surface area (Å²) < 4.78 is 2.17. The van der Waals surface area contributed by atoms with E-state index in [9.17, 15) is 0 Å². The fourth-order valence-electron chi connectivity index (χ4n) is 4.08. The highest BCUT2D eigenvalue weighted by atomic mass is 35.5. The molecule has 4 heterocycles. The first kappa shape index (κ1) is 19.7.